The maximum atomic E-state index is 12.7. The van der Waals surface area contributed by atoms with Crippen LogP contribution in [0.15, 0.2) is 42.7 Å². The number of carbonyl (C=O) groups excluding carboxylic acids is 1. The SMILES string of the molecule is CNc1ccc(-c2cnc3ccc(C(=O)N4CCCCC4)cc3n2)cn1. The van der Waals surface area contributed by atoms with Crippen LogP contribution >= 0.6 is 0 Å². The summed E-state index contributed by atoms with van der Waals surface area (Å²) in [6.45, 7) is 1.68. The smallest absolute Gasteiger partial charge is 0.253 e. The number of carbonyl (C=O) groups is 1. The van der Waals surface area contributed by atoms with E-state index in [1.807, 2.05) is 42.3 Å². The van der Waals surface area contributed by atoms with E-state index in [9.17, 15) is 4.79 Å². The molecule has 3 heterocycles. The summed E-state index contributed by atoms with van der Waals surface area (Å²) in [4.78, 5) is 28.2. The molecule has 6 heteroatoms. The first-order chi connectivity index (χ1) is 12.7. The van der Waals surface area contributed by atoms with Crippen LogP contribution in [0.5, 0.6) is 0 Å². The van der Waals surface area contributed by atoms with Gasteiger partial charge in [-0.3, -0.25) is 9.78 Å². The van der Waals surface area contributed by atoms with Crippen LogP contribution < -0.4 is 5.32 Å². The zero-order valence-corrected chi connectivity index (χ0v) is 14.8. The summed E-state index contributed by atoms with van der Waals surface area (Å²) < 4.78 is 0. The summed E-state index contributed by atoms with van der Waals surface area (Å²) in [7, 11) is 1.83. The number of piperidine rings is 1. The second kappa shape index (κ2) is 7.07. The normalized spacial score (nSPS) is 14.4. The number of benzene rings is 1. The van der Waals surface area contributed by atoms with E-state index in [0.29, 0.717) is 5.56 Å². The number of nitrogens with zero attached hydrogens (tertiary/aromatic N) is 4. The number of amides is 1. The largest absolute Gasteiger partial charge is 0.373 e. The fourth-order valence-electron chi connectivity index (χ4n) is 3.26. The fourth-order valence-corrected chi connectivity index (χ4v) is 3.26. The molecule has 4 rings (SSSR count). The Balaban J connectivity index is 1.66. The van der Waals surface area contributed by atoms with Gasteiger partial charge in [0.2, 0.25) is 0 Å². The first kappa shape index (κ1) is 16.4. The van der Waals surface area contributed by atoms with Crippen LogP contribution in [0.25, 0.3) is 22.3 Å². The minimum atomic E-state index is 0.0823. The molecule has 26 heavy (non-hydrogen) atoms. The van der Waals surface area contributed by atoms with E-state index >= 15 is 0 Å². The van der Waals surface area contributed by atoms with Crippen LogP contribution in [0, 0.1) is 0 Å². The Hall–Kier alpha value is -3.02. The molecule has 1 aliphatic heterocycles. The number of aromatic nitrogens is 3. The van der Waals surface area contributed by atoms with E-state index in [2.05, 4.69) is 15.3 Å². The van der Waals surface area contributed by atoms with Crippen molar-refractivity contribution in [2.24, 2.45) is 0 Å². The first-order valence-electron chi connectivity index (χ1n) is 8.95. The van der Waals surface area contributed by atoms with E-state index in [1.165, 1.54) is 6.42 Å². The second-order valence-electron chi connectivity index (χ2n) is 6.49. The van der Waals surface area contributed by atoms with Crippen LogP contribution in [0.2, 0.25) is 0 Å². The summed E-state index contributed by atoms with van der Waals surface area (Å²) in [5.41, 5.74) is 3.82. The average molecular weight is 347 g/mol. The van der Waals surface area contributed by atoms with Crippen molar-refractivity contribution < 1.29 is 4.79 Å². The van der Waals surface area contributed by atoms with Gasteiger partial charge in [0.25, 0.3) is 5.91 Å². The highest BCUT2D eigenvalue weighted by molar-refractivity contribution is 5.97. The van der Waals surface area contributed by atoms with Gasteiger partial charge in [-0.25, -0.2) is 9.97 Å². The third-order valence-electron chi connectivity index (χ3n) is 4.75. The zero-order chi connectivity index (χ0) is 17.9. The van der Waals surface area contributed by atoms with Crippen molar-refractivity contribution in [3.05, 3.63) is 48.3 Å². The molecule has 0 atom stereocenters. The topological polar surface area (TPSA) is 71.0 Å². The maximum Gasteiger partial charge on any atom is 0.253 e. The molecular weight excluding hydrogens is 326 g/mol. The lowest BCUT2D eigenvalue weighted by Gasteiger charge is -2.26. The van der Waals surface area contributed by atoms with Gasteiger partial charge >= 0.3 is 0 Å². The van der Waals surface area contributed by atoms with Crippen molar-refractivity contribution in [1.29, 1.82) is 0 Å². The third kappa shape index (κ3) is 3.22. The van der Waals surface area contributed by atoms with E-state index in [0.717, 1.165) is 54.0 Å². The van der Waals surface area contributed by atoms with Crippen molar-refractivity contribution in [3.8, 4) is 11.3 Å². The van der Waals surface area contributed by atoms with E-state index in [1.54, 1.807) is 12.4 Å². The van der Waals surface area contributed by atoms with Crippen molar-refractivity contribution in [2.75, 3.05) is 25.5 Å². The highest BCUT2D eigenvalue weighted by Gasteiger charge is 2.18. The van der Waals surface area contributed by atoms with Crippen molar-refractivity contribution in [2.45, 2.75) is 19.3 Å². The van der Waals surface area contributed by atoms with Crippen LogP contribution in [0.4, 0.5) is 5.82 Å². The highest BCUT2D eigenvalue weighted by atomic mass is 16.2. The Labute approximate surface area is 152 Å². The number of nitrogens with one attached hydrogen (secondary N) is 1. The number of rotatable bonds is 3. The van der Waals surface area contributed by atoms with Crippen LogP contribution in [-0.2, 0) is 0 Å². The average Bonchev–Trinajstić information content (AvgIpc) is 2.73. The lowest BCUT2D eigenvalue weighted by molar-refractivity contribution is 0.0724. The molecule has 3 aromatic rings. The van der Waals surface area contributed by atoms with Crippen LogP contribution in [0.3, 0.4) is 0 Å². The van der Waals surface area contributed by atoms with Gasteiger partial charge in [0.1, 0.15) is 5.82 Å². The summed E-state index contributed by atoms with van der Waals surface area (Å²) >= 11 is 0. The van der Waals surface area contributed by atoms with Crippen molar-refractivity contribution in [3.63, 3.8) is 0 Å². The van der Waals surface area contributed by atoms with Gasteiger partial charge in [-0.05, 0) is 49.6 Å². The first-order valence-corrected chi connectivity index (χ1v) is 8.95. The van der Waals surface area contributed by atoms with Crippen LogP contribution in [0.1, 0.15) is 29.6 Å². The number of hydrogen-bond acceptors (Lipinski definition) is 5. The monoisotopic (exact) mass is 347 g/mol. The van der Waals surface area contributed by atoms with Gasteiger partial charge in [-0.1, -0.05) is 0 Å². The number of likely N-dealkylation sites (tertiary alicyclic amines) is 1. The Morgan fingerprint density at radius 1 is 1.00 bits per heavy atom. The van der Waals surface area contributed by atoms with Crippen molar-refractivity contribution in [1.82, 2.24) is 19.9 Å². The molecular formula is C20H21N5O. The lowest BCUT2D eigenvalue weighted by Crippen LogP contribution is -2.35. The summed E-state index contributed by atoms with van der Waals surface area (Å²) in [5, 5.41) is 3.00. The Bertz CT molecular complexity index is 933. The molecule has 0 spiro atoms. The van der Waals surface area contributed by atoms with Gasteiger partial charge in [-0.15, -0.1) is 0 Å². The van der Waals surface area contributed by atoms with E-state index in [-0.39, 0.29) is 5.91 Å². The number of anilines is 1. The van der Waals surface area contributed by atoms with Gasteiger partial charge in [-0.2, -0.15) is 0 Å². The molecule has 1 amide bonds. The zero-order valence-electron chi connectivity index (χ0n) is 14.8. The van der Waals surface area contributed by atoms with Crippen LogP contribution in [-0.4, -0.2) is 45.9 Å². The number of pyridine rings is 1. The van der Waals surface area contributed by atoms with Gasteiger partial charge < -0.3 is 10.2 Å². The molecule has 2 aromatic heterocycles. The molecule has 132 valence electrons. The predicted molar refractivity (Wildman–Crippen MR) is 102 cm³/mol. The summed E-state index contributed by atoms with van der Waals surface area (Å²) in [6.07, 6.45) is 6.88. The molecule has 1 aromatic carbocycles. The Morgan fingerprint density at radius 3 is 2.58 bits per heavy atom. The summed E-state index contributed by atoms with van der Waals surface area (Å²) in [5.74, 6) is 0.885. The molecule has 0 bridgehead atoms. The van der Waals surface area contributed by atoms with Crippen molar-refractivity contribution >= 4 is 22.8 Å². The molecule has 6 nitrogen and oxygen atoms in total. The fraction of sp³-hybridized carbons (Fsp3) is 0.300. The molecule has 0 aliphatic carbocycles. The summed E-state index contributed by atoms with van der Waals surface area (Å²) in [6, 6.07) is 9.41. The van der Waals surface area contributed by atoms with Gasteiger partial charge in [0.05, 0.1) is 22.9 Å². The van der Waals surface area contributed by atoms with E-state index < -0.39 is 0 Å². The molecule has 1 fully saturated rings. The standard InChI is InChI=1S/C20H21N5O/c1-21-19-8-6-15(12-23-19)18-13-22-16-7-5-14(11-17(16)24-18)20(26)25-9-3-2-4-10-25/h5-8,11-13H,2-4,9-10H2,1H3,(H,21,23). The highest BCUT2D eigenvalue weighted by Crippen LogP contribution is 2.21. The predicted octanol–water partition coefficient (Wildman–Crippen LogP) is 3.36. The third-order valence-corrected chi connectivity index (χ3v) is 4.75. The number of fused-ring (bicyclic) bond motifs is 1. The van der Waals surface area contributed by atoms with Gasteiger partial charge in [0.15, 0.2) is 0 Å². The second-order valence-corrected chi connectivity index (χ2v) is 6.49. The van der Waals surface area contributed by atoms with Gasteiger partial charge in [0, 0.05) is 37.5 Å². The molecule has 0 radical (unpaired) electrons. The molecule has 0 unspecified atom stereocenters. The molecule has 1 aliphatic rings. The minimum absolute atomic E-state index is 0.0823. The van der Waals surface area contributed by atoms with E-state index in [4.69, 9.17) is 4.98 Å². The Kier molecular flexibility index (Phi) is 4.48. The Morgan fingerprint density at radius 2 is 1.85 bits per heavy atom. The minimum Gasteiger partial charge on any atom is -0.373 e. The molecule has 0 saturated carbocycles. The maximum absolute atomic E-state index is 12.7. The number of hydrogen-bond donors (Lipinski definition) is 1. The molecule has 1 N–H and O–H groups in total. The quantitative estimate of drug-likeness (QED) is 0.787. The lowest BCUT2D eigenvalue weighted by atomic mass is 10.1. The molecule has 1 saturated heterocycles.